The van der Waals surface area contributed by atoms with Crippen LogP contribution >= 0.6 is 0 Å². The fourth-order valence-electron chi connectivity index (χ4n) is 3.64. The van der Waals surface area contributed by atoms with Gasteiger partial charge in [-0.1, -0.05) is 82.7 Å². The molecule has 0 bridgehead atoms. The van der Waals surface area contributed by atoms with Gasteiger partial charge < -0.3 is 20.3 Å². The van der Waals surface area contributed by atoms with Crippen molar-refractivity contribution in [3.05, 3.63) is 35.9 Å². The molecule has 0 aliphatic heterocycles. The highest BCUT2D eigenvalue weighted by Gasteiger charge is 2.31. The van der Waals surface area contributed by atoms with Crippen molar-refractivity contribution < 1.29 is 19.1 Å². The largest absolute Gasteiger partial charge is 0.444 e. The highest BCUT2D eigenvalue weighted by molar-refractivity contribution is 5.90. The molecule has 1 atom stereocenters. The zero-order valence-corrected chi connectivity index (χ0v) is 21.8. The van der Waals surface area contributed by atoms with E-state index >= 15 is 0 Å². The number of hydrogen-bond acceptors (Lipinski definition) is 4. The molecule has 1 aromatic rings. The number of unbranched alkanes of at least 4 members (excludes halogenated alkanes) is 6. The van der Waals surface area contributed by atoms with Gasteiger partial charge in [-0.3, -0.25) is 9.59 Å². The van der Waals surface area contributed by atoms with Crippen LogP contribution in [0, 0.1) is 0 Å². The first kappa shape index (κ1) is 29.5. The highest BCUT2D eigenvalue weighted by Crippen LogP contribution is 2.22. The molecular weight excluding hydrogens is 430 g/mol. The Bertz CT molecular complexity index is 731. The van der Waals surface area contributed by atoms with Gasteiger partial charge in [0, 0.05) is 13.1 Å². The monoisotopic (exact) mass is 475 g/mol. The Morgan fingerprint density at radius 1 is 0.882 bits per heavy atom. The number of benzene rings is 1. The van der Waals surface area contributed by atoms with Crippen LogP contribution in [0.5, 0.6) is 0 Å². The molecule has 0 aliphatic carbocycles. The van der Waals surface area contributed by atoms with Gasteiger partial charge in [0.25, 0.3) is 0 Å². The first-order valence-corrected chi connectivity index (χ1v) is 12.8. The van der Waals surface area contributed by atoms with Crippen LogP contribution in [-0.2, 0) is 14.3 Å². The van der Waals surface area contributed by atoms with Crippen LogP contribution < -0.4 is 10.6 Å². The third kappa shape index (κ3) is 12.1. The third-order valence-corrected chi connectivity index (χ3v) is 5.36. The van der Waals surface area contributed by atoms with Gasteiger partial charge in [0.2, 0.25) is 11.8 Å². The summed E-state index contributed by atoms with van der Waals surface area (Å²) in [5.74, 6) is -0.500. The first-order valence-electron chi connectivity index (χ1n) is 12.8. The molecule has 0 saturated heterocycles. The summed E-state index contributed by atoms with van der Waals surface area (Å²) in [7, 11) is 0. The minimum absolute atomic E-state index is 0.193. The second kappa shape index (κ2) is 16.1. The number of ether oxygens (including phenoxy) is 1. The number of carbonyl (C=O) groups is 3. The molecule has 0 aliphatic rings. The Balaban J connectivity index is 3.03. The van der Waals surface area contributed by atoms with E-state index in [0.717, 1.165) is 56.9 Å². The van der Waals surface area contributed by atoms with Crippen LogP contribution in [-0.4, -0.2) is 48.0 Å². The SMILES string of the molecule is CCCCCCCN(C(=O)CNC(=O)OC(C)(C)C)C(C(=O)NCCCCC)c1ccccc1. The number of nitrogens with one attached hydrogen (secondary N) is 2. The Kier molecular flexibility index (Phi) is 14.0. The average molecular weight is 476 g/mol. The van der Waals surface area contributed by atoms with Gasteiger partial charge >= 0.3 is 6.09 Å². The summed E-state index contributed by atoms with van der Waals surface area (Å²) in [5, 5.41) is 5.56. The topological polar surface area (TPSA) is 87.7 Å². The quantitative estimate of drug-likeness (QED) is 0.334. The fraction of sp³-hybridized carbons (Fsp3) is 0.667. The summed E-state index contributed by atoms with van der Waals surface area (Å²) in [4.78, 5) is 40.3. The van der Waals surface area contributed by atoms with E-state index in [1.54, 1.807) is 25.7 Å². The lowest BCUT2D eigenvalue weighted by Gasteiger charge is -2.32. The second-order valence-corrected chi connectivity index (χ2v) is 9.67. The van der Waals surface area contributed by atoms with Gasteiger partial charge in [-0.2, -0.15) is 0 Å². The van der Waals surface area contributed by atoms with E-state index in [2.05, 4.69) is 24.5 Å². The van der Waals surface area contributed by atoms with E-state index < -0.39 is 17.7 Å². The maximum absolute atomic E-state index is 13.3. The van der Waals surface area contributed by atoms with Crippen LogP contribution in [0.2, 0.25) is 0 Å². The molecule has 34 heavy (non-hydrogen) atoms. The van der Waals surface area contributed by atoms with Gasteiger partial charge in [-0.15, -0.1) is 0 Å². The lowest BCUT2D eigenvalue weighted by atomic mass is 10.0. The molecular formula is C27H45N3O4. The molecule has 192 valence electrons. The van der Waals surface area contributed by atoms with Crippen LogP contribution in [0.4, 0.5) is 4.79 Å². The standard InChI is InChI=1S/C27H45N3O4/c1-6-8-10-11-16-20-30(23(31)21-29-26(33)34-27(3,4)5)24(22-17-13-12-14-18-22)25(32)28-19-15-9-7-2/h12-14,17-18,24H,6-11,15-16,19-21H2,1-5H3,(H,28,32)(H,29,33). The lowest BCUT2D eigenvalue weighted by Crippen LogP contribution is -2.48. The van der Waals surface area contributed by atoms with E-state index in [9.17, 15) is 14.4 Å². The smallest absolute Gasteiger partial charge is 0.408 e. The zero-order valence-electron chi connectivity index (χ0n) is 21.8. The molecule has 0 spiro atoms. The van der Waals surface area contributed by atoms with E-state index in [4.69, 9.17) is 4.74 Å². The predicted octanol–water partition coefficient (Wildman–Crippen LogP) is 5.36. The third-order valence-electron chi connectivity index (χ3n) is 5.36. The molecule has 1 rings (SSSR count). The van der Waals surface area contributed by atoms with E-state index in [1.165, 1.54) is 0 Å². The molecule has 0 saturated carbocycles. The van der Waals surface area contributed by atoms with Crippen molar-refractivity contribution in [3.63, 3.8) is 0 Å². The number of rotatable bonds is 15. The second-order valence-electron chi connectivity index (χ2n) is 9.67. The Morgan fingerprint density at radius 3 is 2.12 bits per heavy atom. The van der Waals surface area contributed by atoms with E-state index in [0.29, 0.717) is 13.1 Å². The molecule has 0 radical (unpaired) electrons. The van der Waals surface area contributed by atoms with Crippen molar-refractivity contribution in [1.82, 2.24) is 15.5 Å². The predicted molar refractivity (Wildman–Crippen MR) is 136 cm³/mol. The molecule has 3 amide bonds. The number of nitrogens with zero attached hydrogens (tertiary/aromatic N) is 1. The summed E-state index contributed by atoms with van der Waals surface area (Å²) in [6.07, 6.45) is 7.50. The number of amides is 3. The zero-order chi connectivity index (χ0) is 25.4. The molecule has 7 nitrogen and oxygen atoms in total. The number of hydrogen-bond donors (Lipinski definition) is 2. The molecule has 0 fully saturated rings. The summed E-state index contributed by atoms with van der Waals surface area (Å²) in [6, 6.07) is 8.62. The molecule has 1 unspecified atom stereocenters. The Labute approximate surface area is 206 Å². The van der Waals surface area contributed by atoms with Crippen molar-refractivity contribution in [2.24, 2.45) is 0 Å². The van der Waals surface area contributed by atoms with Crippen LogP contribution in [0.25, 0.3) is 0 Å². The minimum Gasteiger partial charge on any atom is -0.444 e. The van der Waals surface area contributed by atoms with Crippen LogP contribution in [0.3, 0.4) is 0 Å². The van der Waals surface area contributed by atoms with Gasteiger partial charge in [0.1, 0.15) is 18.2 Å². The minimum atomic E-state index is -0.748. The van der Waals surface area contributed by atoms with E-state index in [-0.39, 0.29) is 18.4 Å². The number of alkyl carbamates (subject to hydrolysis) is 1. The van der Waals surface area contributed by atoms with Gasteiger partial charge in [0.15, 0.2) is 0 Å². The molecule has 1 aromatic carbocycles. The summed E-state index contributed by atoms with van der Waals surface area (Å²) < 4.78 is 5.26. The maximum atomic E-state index is 13.3. The summed E-state index contributed by atoms with van der Waals surface area (Å²) >= 11 is 0. The molecule has 0 aromatic heterocycles. The van der Waals surface area contributed by atoms with Gasteiger partial charge in [-0.05, 0) is 39.2 Å². The van der Waals surface area contributed by atoms with Gasteiger partial charge in [0.05, 0.1) is 0 Å². The molecule has 0 heterocycles. The van der Waals surface area contributed by atoms with Crippen molar-refractivity contribution in [2.45, 2.75) is 97.6 Å². The van der Waals surface area contributed by atoms with Crippen molar-refractivity contribution in [3.8, 4) is 0 Å². The Hall–Kier alpha value is -2.57. The summed E-state index contributed by atoms with van der Waals surface area (Å²) in [5.41, 5.74) is 0.103. The maximum Gasteiger partial charge on any atom is 0.408 e. The van der Waals surface area contributed by atoms with Crippen molar-refractivity contribution in [1.29, 1.82) is 0 Å². The Morgan fingerprint density at radius 2 is 1.50 bits per heavy atom. The van der Waals surface area contributed by atoms with E-state index in [1.807, 2.05) is 30.3 Å². The number of carbonyl (C=O) groups excluding carboxylic acids is 3. The lowest BCUT2D eigenvalue weighted by molar-refractivity contribution is -0.140. The normalized spacial score (nSPS) is 12.0. The van der Waals surface area contributed by atoms with Gasteiger partial charge in [-0.25, -0.2) is 4.79 Å². The highest BCUT2D eigenvalue weighted by atomic mass is 16.6. The fourth-order valence-corrected chi connectivity index (χ4v) is 3.64. The molecule has 7 heteroatoms. The average Bonchev–Trinajstić information content (AvgIpc) is 2.79. The summed E-state index contributed by atoms with van der Waals surface area (Å²) in [6.45, 7) is 10.4. The van der Waals surface area contributed by atoms with Crippen molar-refractivity contribution in [2.75, 3.05) is 19.6 Å². The van der Waals surface area contributed by atoms with Crippen LogP contribution in [0.1, 0.15) is 97.6 Å². The van der Waals surface area contributed by atoms with Crippen molar-refractivity contribution >= 4 is 17.9 Å². The van der Waals surface area contributed by atoms with Crippen LogP contribution in [0.15, 0.2) is 30.3 Å². The molecule has 2 N–H and O–H groups in total. The first-order chi connectivity index (χ1) is 16.2.